The zero-order chi connectivity index (χ0) is 13.4. The average Bonchev–Trinajstić information content (AvgIpc) is 3.02. The highest BCUT2D eigenvalue weighted by molar-refractivity contribution is 5.95. The minimum absolute atomic E-state index is 0.124. The van der Waals surface area contributed by atoms with E-state index < -0.39 is 0 Å². The first-order valence-corrected chi connectivity index (χ1v) is 6.71. The number of nitrogens with two attached hydrogens (primary N) is 1. The smallest absolute Gasteiger partial charge is 0.251 e. The van der Waals surface area contributed by atoms with Crippen molar-refractivity contribution in [2.75, 3.05) is 18.1 Å². The molecule has 0 spiro atoms. The third kappa shape index (κ3) is 2.26. The fourth-order valence-corrected chi connectivity index (χ4v) is 2.97. The molecule has 2 aliphatic heterocycles. The van der Waals surface area contributed by atoms with Crippen molar-refractivity contribution in [1.29, 1.82) is 0 Å². The van der Waals surface area contributed by atoms with Gasteiger partial charge >= 0.3 is 0 Å². The van der Waals surface area contributed by atoms with Crippen molar-refractivity contribution >= 4 is 17.3 Å². The minimum atomic E-state index is -0.124. The predicted molar refractivity (Wildman–Crippen MR) is 74.2 cm³/mol. The normalized spacial score (nSPS) is 28.4. The lowest BCUT2D eigenvalue weighted by Gasteiger charge is -2.22. The largest absolute Gasteiger partial charge is 0.397 e. The van der Waals surface area contributed by atoms with Crippen LogP contribution in [0.1, 0.15) is 29.6 Å². The van der Waals surface area contributed by atoms with Crippen LogP contribution >= 0.6 is 0 Å². The van der Waals surface area contributed by atoms with Crippen molar-refractivity contribution in [3.8, 4) is 0 Å². The number of ether oxygens (including phenoxy) is 1. The Labute approximate surface area is 112 Å². The van der Waals surface area contributed by atoms with Gasteiger partial charge in [-0.1, -0.05) is 0 Å². The molecule has 4 N–H and O–H groups in total. The summed E-state index contributed by atoms with van der Waals surface area (Å²) in [4.78, 5) is 11.5. The van der Waals surface area contributed by atoms with E-state index in [4.69, 9.17) is 10.5 Å². The summed E-state index contributed by atoms with van der Waals surface area (Å²) in [7, 11) is 1.61. The Bertz CT molecular complexity index is 503. The van der Waals surface area contributed by atoms with Gasteiger partial charge in [-0.25, -0.2) is 0 Å². The fourth-order valence-electron chi connectivity index (χ4n) is 2.97. The molecule has 3 rings (SSSR count). The van der Waals surface area contributed by atoms with Gasteiger partial charge in [0.25, 0.3) is 5.91 Å². The van der Waals surface area contributed by atoms with Crippen LogP contribution in [0.2, 0.25) is 0 Å². The van der Waals surface area contributed by atoms with Crippen LogP contribution in [0.4, 0.5) is 11.4 Å². The number of nitrogens with one attached hydrogen (secondary N) is 2. The Morgan fingerprint density at radius 1 is 1.42 bits per heavy atom. The summed E-state index contributed by atoms with van der Waals surface area (Å²) in [5.74, 6) is -0.124. The molecule has 0 aromatic heterocycles. The molecule has 3 atom stereocenters. The molecule has 2 bridgehead atoms. The Morgan fingerprint density at radius 2 is 2.26 bits per heavy atom. The van der Waals surface area contributed by atoms with E-state index in [9.17, 15) is 4.79 Å². The highest BCUT2D eigenvalue weighted by atomic mass is 16.5. The molecule has 5 heteroatoms. The van der Waals surface area contributed by atoms with Gasteiger partial charge < -0.3 is 21.1 Å². The second-order valence-electron chi connectivity index (χ2n) is 5.24. The number of rotatable bonds is 3. The third-order valence-corrected chi connectivity index (χ3v) is 3.99. The first-order chi connectivity index (χ1) is 9.17. The number of anilines is 2. The summed E-state index contributed by atoms with van der Waals surface area (Å²) >= 11 is 0. The lowest BCUT2D eigenvalue weighted by molar-refractivity contribution is 0.0963. The fraction of sp³-hybridized carbons (Fsp3) is 0.500. The van der Waals surface area contributed by atoms with Crippen molar-refractivity contribution in [2.45, 2.75) is 37.5 Å². The maximum absolute atomic E-state index is 11.5. The molecule has 19 heavy (non-hydrogen) atoms. The standard InChI is InChI=1S/C14H19N3O2/c1-16-14(18)8-2-4-11(10(15)6-8)17-12-7-9-3-5-13(12)19-9/h2,4,6,9,12-13,17H,3,5,7,15H2,1H3,(H,16,18). The third-order valence-electron chi connectivity index (χ3n) is 3.99. The molecule has 1 amide bonds. The van der Waals surface area contributed by atoms with Crippen LogP contribution < -0.4 is 16.4 Å². The maximum atomic E-state index is 11.5. The molecule has 1 aromatic carbocycles. The van der Waals surface area contributed by atoms with Crippen molar-refractivity contribution in [3.05, 3.63) is 23.8 Å². The Balaban J connectivity index is 1.73. The van der Waals surface area contributed by atoms with Gasteiger partial charge in [0.1, 0.15) is 0 Å². The average molecular weight is 261 g/mol. The van der Waals surface area contributed by atoms with Gasteiger partial charge in [0.05, 0.1) is 29.6 Å². The van der Waals surface area contributed by atoms with E-state index in [-0.39, 0.29) is 5.91 Å². The highest BCUT2D eigenvalue weighted by Crippen LogP contribution is 2.36. The van der Waals surface area contributed by atoms with E-state index in [2.05, 4.69) is 10.6 Å². The summed E-state index contributed by atoms with van der Waals surface area (Å²) in [6, 6.07) is 5.69. The summed E-state index contributed by atoms with van der Waals surface area (Å²) in [5, 5.41) is 6.03. The van der Waals surface area contributed by atoms with Crippen LogP contribution in [-0.4, -0.2) is 31.2 Å². The predicted octanol–water partition coefficient (Wildman–Crippen LogP) is 1.36. The first-order valence-electron chi connectivity index (χ1n) is 6.71. The SMILES string of the molecule is CNC(=O)c1ccc(NC2CC3CCC2O3)c(N)c1. The second kappa shape index (κ2) is 4.74. The van der Waals surface area contributed by atoms with Gasteiger partial charge in [-0.3, -0.25) is 4.79 Å². The minimum Gasteiger partial charge on any atom is -0.397 e. The molecule has 2 saturated heterocycles. The van der Waals surface area contributed by atoms with Crippen LogP contribution in [0, 0.1) is 0 Å². The summed E-state index contributed by atoms with van der Waals surface area (Å²) in [5.41, 5.74) is 8.07. The summed E-state index contributed by atoms with van der Waals surface area (Å²) < 4.78 is 5.81. The molecule has 2 aliphatic rings. The Kier molecular flexibility index (Phi) is 3.06. The van der Waals surface area contributed by atoms with Gasteiger partial charge in [-0.05, 0) is 37.5 Å². The number of carbonyl (C=O) groups is 1. The number of amides is 1. The Hall–Kier alpha value is -1.75. The Morgan fingerprint density at radius 3 is 2.84 bits per heavy atom. The monoisotopic (exact) mass is 261 g/mol. The number of fused-ring (bicyclic) bond motifs is 2. The van der Waals surface area contributed by atoms with Crippen molar-refractivity contribution in [1.82, 2.24) is 5.32 Å². The molecule has 5 nitrogen and oxygen atoms in total. The highest BCUT2D eigenvalue weighted by Gasteiger charge is 2.40. The van der Waals surface area contributed by atoms with Crippen LogP contribution in [0.25, 0.3) is 0 Å². The summed E-state index contributed by atoms with van der Waals surface area (Å²) in [6.07, 6.45) is 4.06. The number of nitrogen functional groups attached to an aromatic ring is 1. The van der Waals surface area contributed by atoms with E-state index in [1.165, 1.54) is 6.42 Å². The van der Waals surface area contributed by atoms with Crippen molar-refractivity contribution in [2.24, 2.45) is 0 Å². The van der Waals surface area contributed by atoms with Gasteiger partial charge in [0.15, 0.2) is 0 Å². The molecule has 102 valence electrons. The van der Waals surface area contributed by atoms with Crippen LogP contribution in [-0.2, 0) is 4.74 Å². The summed E-state index contributed by atoms with van der Waals surface area (Å²) in [6.45, 7) is 0. The number of hydrogen-bond acceptors (Lipinski definition) is 4. The second-order valence-corrected chi connectivity index (χ2v) is 5.24. The topological polar surface area (TPSA) is 76.4 Å². The maximum Gasteiger partial charge on any atom is 0.251 e. The van der Waals surface area contributed by atoms with Crippen molar-refractivity contribution < 1.29 is 9.53 Å². The van der Waals surface area contributed by atoms with E-state index in [1.807, 2.05) is 6.07 Å². The molecule has 0 radical (unpaired) electrons. The lowest BCUT2D eigenvalue weighted by atomic mass is 9.95. The number of hydrogen-bond donors (Lipinski definition) is 3. The number of benzene rings is 1. The molecule has 0 aliphatic carbocycles. The quantitative estimate of drug-likeness (QED) is 0.718. The van der Waals surface area contributed by atoms with Gasteiger partial charge in [-0.2, -0.15) is 0 Å². The molecule has 2 heterocycles. The van der Waals surface area contributed by atoms with E-state index in [0.717, 1.165) is 18.5 Å². The zero-order valence-corrected chi connectivity index (χ0v) is 11.0. The first kappa shape index (κ1) is 12.3. The zero-order valence-electron chi connectivity index (χ0n) is 11.0. The van der Waals surface area contributed by atoms with Crippen molar-refractivity contribution in [3.63, 3.8) is 0 Å². The number of carbonyl (C=O) groups excluding carboxylic acids is 1. The van der Waals surface area contributed by atoms with E-state index in [0.29, 0.717) is 29.5 Å². The molecule has 0 saturated carbocycles. The van der Waals surface area contributed by atoms with Gasteiger partial charge in [0, 0.05) is 12.6 Å². The van der Waals surface area contributed by atoms with Gasteiger partial charge in [-0.15, -0.1) is 0 Å². The molecule has 1 aromatic rings. The molecule has 2 fully saturated rings. The molecular weight excluding hydrogens is 242 g/mol. The molecule has 3 unspecified atom stereocenters. The van der Waals surface area contributed by atoms with Gasteiger partial charge in [0.2, 0.25) is 0 Å². The van der Waals surface area contributed by atoms with Crippen LogP contribution in [0.15, 0.2) is 18.2 Å². The van der Waals surface area contributed by atoms with Crippen LogP contribution in [0.5, 0.6) is 0 Å². The van der Waals surface area contributed by atoms with E-state index >= 15 is 0 Å². The van der Waals surface area contributed by atoms with E-state index in [1.54, 1.807) is 19.2 Å². The molecular formula is C14H19N3O2. The van der Waals surface area contributed by atoms with Crippen LogP contribution in [0.3, 0.4) is 0 Å². The lowest BCUT2D eigenvalue weighted by Crippen LogP contribution is -2.30.